The lowest BCUT2D eigenvalue weighted by Crippen LogP contribution is -2.75. The second-order valence-electron chi connectivity index (χ2n) is 18.0. The molecule has 58 heavy (non-hydrogen) atoms. The molecule has 5 heteroatoms. The fraction of sp³-hybridized carbons (Fsp3) is 0.189. The van der Waals surface area contributed by atoms with Crippen LogP contribution in [0.15, 0.2) is 164 Å². The van der Waals surface area contributed by atoms with Crippen molar-refractivity contribution in [2.24, 2.45) is 0 Å². The molecule has 3 nitrogen and oxygen atoms in total. The summed E-state index contributed by atoms with van der Waals surface area (Å²) in [5, 5.41) is 5.26. The summed E-state index contributed by atoms with van der Waals surface area (Å²) >= 11 is 1.78. The van der Waals surface area contributed by atoms with Crippen molar-refractivity contribution in [3.05, 3.63) is 180 Å². The highest BCUT2D eigenvalue weighted by atomic mass is 32.1. The van der Waals surface area contributed by atoms with Gasteiger partial charge in [-0.1, -0.05) is 199 Å². The van der Waals surface area contributed by atoms with Crippen molar-refractivity contribution in [2.75, 3.05) is 0 Å². The molecule has 0 amide bonds. The van der Waals surface area contributed by atoms with Gasteiger partial charge in [0.15, 0.2) is 13.0 Å². The largest absolute Gasteiger partial charge is 0.457 e. The smallest absolute Gasteiger partial charge is 0.195 e. The van der Waals surface area contributed by atoms with Crippen LogP contribution in [-0.4, -0.2) is 17.5 Å². The maximum absolute atomic E-state index is 7.39. The van der Waals surface area contributed by atoms with Crippen molar-refractivity contribution in [3.8, 4) is 22.6 Å². The molecule has 0 bridgehead atoms. The number of hydrogen-bond acceptors (Lipinski definition) is 3. The van der Waals surface area contributed by atoms with E-state index in [2.05, 4.69) is 217 Å². The SMILES string of the molecule is CC(C)(C)c1cc([Si](c2ccccc2)(c2ccccc2)c2cccc3c2Oc2ccccc2C(C)(C)C3(C)C)ccc1-c1cccc2c1sc1nc3ccccc3n12. The first-order chi connectivity index (χ1) is 27.9. The number of benzene rings is 7. The van der Waals surface area contributed by atoms with E-state index in [1.807, 2.05) is 0 Å². The molecule has 286 valence electrons. The number of thiazole rings is 1. The summed E-state index contributed by atoms with van der Waals surface area (Å²) in [5.41, 5.74) is 9.07. The first kappa shape index (κ1) is 36.6. The zero-order chi connectivity index (χ0) is 40.0. The van der Waals surface area contributed by atoms with Gasteiger partial charge in [0.2, 0.25) is 0 Å². The second kappa shape index (κ2) is 13.1. The van der Waals surface area contributed by atoms with Crippen molar-refractivity contribution in [1.82, 2.24) is 9.38 Å². The molecule has 9 aromatic rings. The monoisotopic (exact) mass is 788 g/mol. The fourth-order valence-electron chi connectivity index (χ4n) is 9.68. The van der Waals surface area contributed by atoms with Crippen LogP contribution in [0.2, 0.25) is 0 Å². The van der Waals surface area contributed by atoms with Crippen LogP contribution in [-0.2, 0) is 16.2 Å². The quantitative estimate of drug-likeness (QED) is 0.128. The van der Waals surface area contributed by atoms with Crippen molar-refractivity contribution in [1.29, 1.82) is 0 Å². The number of fused-ring (bicyclic) bond motifs is 7. The first-order valence-corrected chi connectivity index (χ1v) is 23.2. The molecule has 0 saturated heterocycles. The lowest BCUT2D eigenvalue weighted by molar-refractivity contribution is 0.306. The Morgan fingerprint density at radius 3 is 1.90 bits per heavy atom. The summed E-state index contributed by atoms with van der Waals surface area (Å²) in [6.07, 6.45) is 0. The van der Waals surface area contributed by atoms with Gasteiger partial charge in [0, 0.05) is 27.5 Å². The Morgan fingerprint density at radius 1 is 0.569 bits per heavy atom. The number of hydrogen-bond donors (Lipinski definition) is 0. The summed E-state index contributed by atoms with van der Waals surface area (Å²) in [4.78, 5) is 6.08. The zero-order valence-electron chi connectivity index (χ0n) is 34.3. The molecule has 0 unspecified atom stereocenters. The van der Waals surface area contributed by atoms with Gasteiger partial charge in [0.05, 0.1) is 21.3 Å². The summed E-state index contributed by atoms with van der Waals surface area (Å²) in [6.45, 7) is 16.6. The van der Waals surface area contributed by atoms with E-state index >= 15 is 0 Å². The van der Waals surface area contributed by atoms with E-state index in [0.29, 0.717) is 0 Å². The number of para-hydroxylation sites is 4. The standard InChI is InChI=1S/C53H48N2OSSi/c1-51(2,3)42-34-37(32-33-38(42)39-24-18-29-45-49(39)57-50-54-43-27-15-16-28-44(43)55(45)50)58(35-20-10-8-11-21-35,36-22-12-9-13-23-36)47-31-19-26-41-48(47)56-46-30-17-14-25-40(46)52(4,5)53(41,6)7/h8-34H,1-7H3. The van der Waals surface area contributed by atoms with Gasteiger partial charge in [-0.2, -0.15) is 0 Å². The van der Waals surface area contributed by atoms with Gasteiger partial charge in [0.1, 0.15) is 11.5 Å². The Labute approximate surface area is 346 Å². The molecule has 0 spiro atoms. The lowest BCUT2D eigenvalue weighted by Gasteiger charge is -2.42. The van der Waals surface area contributed by atoms with E-state index in [9.17, 15) is 0 Å². The Kier molecular flexibility index (Phi) is 8.28. The Balaban J connectivity index is 1.29. The summed E-state index contributed by atoms with van der Waals surface area (Å²) in [7, 11) is -3.10. The zero-order valence-corrected chi connectivity index (χ0v) is 36.1. The molecule has 0 N–H and O–H groups in total. The van der Waals surface area contributed by atoms with Crippen LogP contribution in [0.5, 0.6) is 11.5 Å². The third-order valence-corrected chi connectivity index (χ3v) is 19.2. The first-order valence-electron chi connectivity index (χ1n) is 20.4. The molecule has 0 atom stereocenters. The van der Waals surface area contributed by atoms with E-state index in [1.54, 1.807) is 11.3 Å². The van der Waals surface area contributed by atoms with E-state index in [1.165, 1.54) is 58.8 Å². The van der Waals surface area contributed by atoms with Crippen LogP contribution in [0.1, 0.15) is 65.2 Å². The van der Waals surface area contributed by atoms with Crippen LogP contribution in [0.25, 0.3) is 37.3 Å². The van der Waals surface area contributed by atoms with Gasteiger partial charge < -0.3 is 4.74 Å². The van der Waals surface area contributed by atoms with Gasteiger partial charge >= 0.3 is 0 Å². The van der Waals surface area contributed by atoms with Crippen molar-refractivity contribution in [3.63, 3.8) is 0 Å². The normalized spacial score (nSPS) is 14.9. The third-order valence-electron chi connectivity index (χ3n) is 13.4. The minimum atomic E-state index is -3.10. The summed E-state index contributed by atoms with van der Waals surface area (Å²) in [5.74, 6) is 1.93. The highest BCUT2D eigenvalue weighted by Crippen LogP contribution is 2.53. The molecule has 1 aliphatic heterocycles. The maximum Gasteiger partial charge on any atom is 0.195 e. The van der Waals surface area contributed by atoms with E-state index in [-0.39, 0.29) is 16.2 Å². The van der Waals surface area contributed by atoms with E-state index in [4.69, 9.17) is 9.72 Å². The molecular weight excluding hydrogens is 741 g/mol. The third kappa shape index (κ3) is 5.26. The van der Waals surface area contributed by atoms with Crippen molar-refractivity contribution in [2.45, 2.75) is 64.7 Å². The molecule has 0 radical (unpaired) electrons. The van der Waals surface area contributed by atoms with Gasteiger partial charge in [0.25, 0.3) is 0 Å². The van der Waals surface area contributed by atoms with E-state index in [0.717, 1.165) is 27.5 Å². The Bertz CT molecular complexity index is 2980. The topological polar surface area (TPSA) is 26.5 Å². The molecule has 2 aromatic heterocycles. The molecule has 7 aromatic carbocycles. The van der Waals surface area contributed by atoms with E-state index < -0.39 is 8.07 Å². The predicted molar refractivity (Wildman–Crippen MR) is 248 cm³/mol. The summed E-state index contributed by atoms with van der Waals surface area (Å²) < 4.78 is 11.0. The van der Waals surface area contributed by atoms with Gasteiger partial charge in [-0.15, -0.1) is 0 Å². The summed E-state index contributed by atoms with van der Waals surface area (Å²) in [6, 6.07) is 60.8. The maximum atomic E-state index is 7.39. The molecule has 3 heterocycles. The Morgan fingerprint density at radius 2 is 1.17 bits per heavy atom. The van der Waals surface area contributed by atoms with Crippen LogP contribution in [0.4, 0.5) is 0 Å². The van der Waals surface area contributed by atoms with Gasteiger partial charge in [-0.05, 0) is 61.6 Å². The van der Waals surface area contributed by atoms with Gasteiger partial charge in [-0.3, -0.25) is 4.40 Å². The molecule has 0 aliphatic carbocycles. The molecule has 0 fully saturated rings. The lowest BCUT2D eigenvalue weighted by atomic mass is 9.61. The molecular formula is C53H48N2OSSi. The van der Waals surface area contributed by atoms with Crippen molar-refractivity contribution >= 4 is 66.4 Å². The molecule has 10 rings (SSSR count). The Hall–Kier alpha value is -5.75. The number of nitrogens with zero attached hydrogens (tertiary/aromatic N) is 2. The number of aromatic nitrogens is 2. The fourth-order valence-corrected chi connectivity index (χ4v) is 15.7. The van der Waals surface area contributed by atoms with Gasteiger partial charge in [-0.25, -0.2) is 4.98 Å². The van der Waals surface area contributed by atoms with Crippen molar-refractivity contribution < 1.29 is 4.74 Å². The average molecular weight is 789 g/mol. The molecule has 0 saturated carbocycles. The highest BCUT2D eigenvalue weighted by Gasteiger charge is 2.50. The number of rotatable bonds is 5. The highest BCUT2D eigenvalue weighted by molar-refractivity contribution is 7.24. The van der Waals surface area contributed by atoms with Crippen LogP contribution in [0, 0.1) is 0 Å². The van der Waals surface area contributed by atoms with Crippen LogP contribution >= 0.6 is 11.3 Å². The molecule has 1 aliphatic rings. The predicted octanol–water partition coefficient (Wildman–Crippen LogP) is 11.4. The minimum Gasteiger partial charge on any atom is -0.457 e. The number of imidazole rings is 1. The second-order valence-corrected chi connectivity index (χ2v) is 22.7. The average Bonchev–Trinajstić information content (AvgIpc) is 3.77. The minimum absolute atomic E-state index is 0.166. The number of ether oxygens (including phenoxy) is 1. The van der Waals surface area contributed by atoms with Crippen LogP contribution < -0.4 is 25.5 Å². The van der Waals surface area contributed by atoms with Crippen LogP contribution in [0.3, 0.4) is 0 Å².